The Kier molecular flexibility index (Phi) is 3.86. The molecule has 0 radical (unpaired) electrons. The highest BCUT2D eigenvalue weighted by molar-refractivity contribution is 9.10. The third-order valence-corrected chi connectivity index (χ3v) is 3.42. The first-order valence-electron chi connectivity index (χ1n) is 4.84. The molecule has 1 amide bonds. The fourth-order valence-electron chi connectivity index (χ4n) is 1.24. The highest BCUT2D eigenvalue weighted by Crippen LogP contribution is 2.25. The van der Waals surface area contributed by atoms with E-state index in [1.807, 2.05) is 0 Å². The zero-order valence-corrected chi connectivity index (χ0v) is 11.5. The fraction of sp³-hybridized carbons (Fsp3) is 0. The molecular weight excluding hydrogens is 341 g/mol. The molecule has 1 aromatic heterocycles. The third-order valence-electron chi connectivity index (χ3n) is 2.07. The van der Waals surface area contributed by atoms with Crippen LogP contribution < -0.4 is 5.32 Å². The molecular formula is C10H5BrFN3O3S. The lowest BCUT2D eigenvalue weighted by Crippen LogP contribution is -2.13. The van der Waals surface area contributed by atoms with E-state index in [-0.39, 0.29) is 15.7 Å². The molecule has 0 unspecified atom stereocenters. The van der Waals surface area contributed by atoms with E-state index in [4.69, 9.17) is 0 Å². The van der Waals surface area contributed by atoms with E-state index in [0.29, 0.717) is 15.8 Å². The summed E-state index contributed by atoms with van der Waals surface area (Å²) >= 11 is 3.82. The van der Waals surface area contributed by atoms with Crippen molar-refractivity contribution >= 4 is 43.3 Å². The van der Waals surface area contributed by atoms with Crippen molar-refractivity contribution in [1.29, 1.82) is 0 Å². The summed E-state index contributed by atoms with van der Waals surface area (Å²) in [5.74, 6) is -1.41. The first kappa shape index (κ1) is 13.6. The molecule has 0 bridgehead atoms. The van der Waals surface area contributed by atoms with Crippen LogP contribution in [-0.4, -0.2) is 15.8 Å². The number of carbonyl (C=O) groups excluding carboxylic acids is 1. The highest BCUT2D eigenvalue weighted by atomic mass is 79.9. The lowest BCUT2D eigenvalue weighted by molar-refractivity contribution is -0.380. The summed E-state index contributed by atoms with van der Waals surface area (Å²) in [6, 6.07) is 3.91. The molecule has 19 heavy (non-hydrogen) atoms. The molecule has 1 aromatic carbocycles. The van der Waals surface area contributed by atoms with E-state index < -0.39 is 16.6 Å². The number of hydrogen-bond acceptors (Lipinski definition) is 5. The van der Waals surface area contributed by atoms with E-state index in [0.717, 1.165) is 12.3 Å². The van der Waals surface area contributed by atoms with Crippen LogP contribution in [0.25, 0.3) is 0 Å². The van der Waals surface area contributed by atoms with Crippen molar-refractivity contribution in [2.45, 2.75) is 0 Å². The van der Waals surface area contributed by atoms with Crippen molar-refractivity contribution in [2.24, 2.45) is 0 Å². The van der Waals surface area contributed by atoms with Gasteiger partial charge in [0.15, 0.2) is 5.13 Å². The van der Waals surface area contributed by atoms with Crippen LogP contribution >= 0.6 is 27.3 Å². The van der Waals surface area contributed by atoms with Gasteiger partial charge >= 0.3 is 5.00 Å². The number of halogens is 2. The molecule has 2 aromatic rings. The standard InChI is InChI=1S/C10H5BrFN3O3S/c11-5-1-2-7(12)6(3-5)9(16)14-10-13-4-8(19-10)15(17)18/h1-4H,(H,13,14,16). The Morgan fingerprint density at radius 1 is 1.53 bits per heavy atom. The van der Waals surface area contributed by atoms with Crippen LogP contribution in [0.4, 0.5) is 14.5 Å². The van der Waals surface area contributed by atoms with Crippen LogP contribution in [0.5, 0.6) is 0 Å². The quantitative estimate of drug-likeness (QED) is 0.683. The second-order valence-electron chi connectivity index (χ2n) is 3.34. The number of hydrogen-bond donors (Lipinski definition) is 1. The van der Waals surface area contributed by atoms with Gasteiger partial charge in [-0.2, -0.15) is 0 Å². The number of nitrogens with one attached hydrogen (secondary N) is 1. The minimum atomic E-state index is -0.719. The van der Waals surface area contributed by atoms with E-state index in [9.17, 15) is 19.3 Å². The average Bonchev–Trinajstić information content (AvgIpc) is 2.80. The first-order chi connectivity index (χ1) is 8.97. The number of anilines is 1. The van der Waals surface area contributed by atoms with Gasteiger partial charge in [-0.3, -0.25) is 20.2 Å². The molecule has 0 saturated carbocycles. The monoisotopic (exact) mass is 345 g/mol. The number of nitrogens with zero attached hydrogens (tertiary/aromatic N) is 2. The predicted octanol–water partition coefficient (Wildman–Crippen LogP) is 3.21. The normalized spacial score (nSPS) is 10.2. The SMILES string of the molecule is O=C(Nc1ncc([N+](=O)[O-])s1)c1cc(Br)ccc1F. The predicted molar refractivity (Wildman–Crippen MR) is 70.8 cm³/mol. The Bertz CT molecular complexity index is 661. The zero-order chi connectivity index (χ0) is 14.0. The van der Waals surface area contributed by atoms with Gasteiger partial charge < -0.3 is 0 Å². The summed E-state index contributed by atoms with van der Waals surface area (Å²) < 4.78 is 14.0. The number of aromatic nitrogens is 1. The van der Waals surface area contributed by atoms with Gasteiger partial charge in [-0.25, -0.2) is 9.37 Å². The molecule has 2 rings (SSSR count). The van der Waals surface area contributed by atoms with E-state index in [1.54, 1.807) is 0 Å². The van der Waals surface area contributed by atoms with Crippen molar-refractivity contribution in [3.8, 4) is 0 Å². The molecule has 6 nitrogen and oxygen atoms in total. The zero-order valence-electron chi connectivity index (χ0n) is 9.09. The Morgan fingerprint density at radius 3 is 2.89 bits per heavy atom. The van der Waals surface area contributed by atoms with Crippen LogP contribution in [0, 0.1) is 15.9 Å². The molecule has 0 atom stereocenters. The minimum absolute atomic E-state index is 0.0380. The van der Waals surface area contributed by atoms with Crippen molar-refractivity contribution in [3.63, 3.8) is 0 Å². The molecule has 0 spiro atoms. The Labute approximate surface area is 118 Å². The number of benzene rings is 1. The number of rotatable bonds is 3. The van der Waals surface area contributed by atoms with Crippen molar-refractivity contribution in [3.05, 3.63) is 50.4 Å². The summed E-state index contributed by atoms with van der Waals surface area (Å²) in [7, 11) is 0. The summed E-state index contributed by atoms with van der Waals surface area (Å²) in [6.07, 6.45) is 1.03. The van der Waals surface area contributed by atoms with Crippen LogP contribution in [0.15, 0.2) is 28.9 Å². The average molecular weight is 346 g/mol. The second kappa shape index (κ2) is 5.41. The molecule has 1 N–H and O–H groups in total. The van der Waals surface area contributed by atoms with Crippen molar-refractivity contribution in [2.75, 3.05) is 5.32 Å². The molecule has 0 fully saturated rings. The van der Waals surface area contributed by atoms with Crippen LogP contribution in [0.3, 0.4) is 0 Å². The van der Waals surface area contributed by atoms with Gasteiger partial charge in [0, 0.05) is 4.47 Å². The van der Waals surface area contributed by atoms with Gasteiger partial charge in [-0.15, -0.1) is 0 Å². The second-order valence-corrected chi connectivity index (χ2v) is 5.26. The van der Waals surface area contributed by atoms with Gasteiger partial charge in [-0.1, -0.05) is 15.9 Å². The van der Waals surface area contributed by atoms with Crippen molar-refractivity contribution < 1.29 is 14.1 Å². The third kappa shape index (κ3) is 3.12. The molecule has 0 saturated heterocycles. The van der Waals surface area contributed by atoms with E-state index >= 15 is 0 Å². The smallest absolute Gasteiger partial charge is 0.298 e. The Morgan fingerprint density at radius 2 is 2.26 bits per heavy atom. The molecule has 1 heterocycles. The number of nitro groups is 1. The molecule has 0 aliphatic rings. The van der Waals surface area contributed by atoms with Gasteiger partial charge in [0.2, 0.25) is 0 Å². The van der Waals surface area contributed by atoms with Crippen LogP contribution in [0.2, 0.25) is 0 Å². The van der Waals surface area contributed by atoms with Crippen molar-refractivity contribution in [1.82, 2.24) is 4.98 Å². The van der Waals surface area contributed by atoms with Crippen LogP contribution in [0.1, 0.15) is 10.4 Å². The highest BCUT2D eigenvalue weighted by Gasteiger charge is 2.16. The van der Waals surface area contributed by atoms with E-state index in [1.165, 1.54) is 12.1 Å². The minimum Gasteiger partial charge on any atom is -0.298 e. The molecule has 98 valence electrons. The summed E-state index contributed by atoms with van der Waals surface area (Å²) in [5, 5.41) is 12.6. The number of amides is 1. The fourth-order valence-corrected chi connectivity index (χ4v) is 2.23. The van der Waals surface area contributed by atoms with Crippen LogP contribution in [-0.2, 0) is 0 Å². The van der Waals surface area contributed by atoms with Gasteiger partial charge in [-0.05, 0) is 29.5 Å². The Hall–Kier alpha value is -1.87. The molecule has 0 aliphatic carbocycles. The lowest BCUT2D eigenvalue weighted by Gasteiger charge is -2.03. The summed E-state index contributed by atoms with van der Waals surface area (Å²) in [4.78, 5) is 25.3. The van der Waals surface area contributed by atoms with Gasteiger partial charge in [0.25, 0.3) is 5.91 Å². The summed E-state index contributed by atoms with van der Waals surface area (Å²) in [5.41, 5.74) is -0.174. The maximum Gasteiger partial charge on any atom is 0.345 e. The molecule has 0 aliphatic heterocycles. The topological polar surface area (TPSA) is 85.1 Å². The largest absolute Gasteiger partial charge is 0.345 e. The molecule has 9 heteroatoms. The van der Waals surface area contributed by atoms with E-state index in [2.05, 4.69) is 26.2 Å². The maximum absolute atomic E-state index is 13.4. The number of carbonyl (C=O) groups is 1. The van der Waals surface area contributed by atoms with Gasteiger partial charge in [0.05, 0.1) is 10.5 Å². The first-order valence-corrected chi connectivity index (χ1v) is 6.45. The maximum atomic E-state index is 13.4. The van der Waals surface area contributed by atoms with Gasteiger partial charge in [0.1, 0.15) is 12.0 Å². The summed E-state index contributed by atoms with van der Waals surface area (Å²) in [6.45, 7) is 0. The number of thiazole rings is 1. The lowest BCUT2D eigenvalue weighted by atomic mass is 10.2. The Balaban J connectivity index is 2.20.